The molecule has 0 aliphatic rings. The van der Waals surface area contributed by atoms with Gasteiger partial charge in [-0.05, 0) is 60.7 Å². The first-order valence-electron chi connectivity index (χ1n) is 10.7. The number of carbonyl (C=O) groups excluding carboxylic acids is 2. The molecule has 2 aromatic carbocycles. The fourth-order valence-corrected chi connectivity index (χ4v) is 3.22. The Morgan fingerprint density at radius 2 is 1.94 bits per heavy atom. The maximum absolute atomic E-state index is 12.7. The molecule has 0 aromatic heterocycles. The molecule has 0 spiro atoms. The minimum atomic E-state index is -0.788. The predicted octanol–water partition coefficient (Wildman–Crippen LogP) is 3.84. The van der Waals surface area contributed by atoms with Gasteiger partial charge >= 0.3 is 0 Å². The van der Waals surface area contributed by atoms with Crippen LogP contribution in [0.25, 0.3) is 0 Å². The summed E-state index contributed by atoms with van der Waals surface area (Å²) in [7, 11) is 1.45. The quantitative estimate of drug-likeness (QED) is 0.239. The highest BCUT2D eigenvalue weighted by Gasteiger charge is 2.22. The van der Waals surface area contributed by atoms with Crippen molar-refractivity contribution in [3.8, 4) is 17.2 Å². The number of ether oxygens (including phenoxy) is 2. The zero-order valence-electron chi connectivity index (χ0n) is 19.5. The summed E-state index contributed by atoms with van der Waals surface area (Å²) in [5, 5.41) is 17.4. The van der Waals surface area contributed by atoms with Crippen molar-refractivity contribution in [3.63, 3.8) is 0 Å². The van der Waals surface area contributed by atoms with Gasteiger partial charge in [0.2, 0.25) is 0 Å². The Morgan fingerprint density at radius 1 is 1.24 bits per heavy atom. The first-order valence-corrected chi connectivity index (χ1v) is 11.1. The molecule has 0 radical (unpaired) electrons. The Bertz CT molecular complexity index is 1020. The highest BCUT2D eigenvalue weighted by molar-refractivity contribution is 6.30. The second-order valence-corrected chi connectivity index (χ2v) is 8.39. The van der Waals surface area contributed by atoms with Gasteiger partial charge in [-0.2, -0.15) is 5.10 Å². The molecule has 0 bridgehead atoms. The van der Waals surface area contributed by atoms with E-state index in [1.165, 1.54) is 13.3 Å². The van der Waals surface area contributed by atoms with E-state index >= 15 is 0 Å². The lowest BCUT2D eigenvalue weighted by Gasteiger charge is -2.19. The maximum Gasteiger partial charge on any atom is 0.262 e. The van der Waals surface area contributed by atoms with Crippen LogP contribution in [0.3, 0.4) is 0 Å². The van der Waals surface area contributed by atoms with Crippen LogP contribution in [0.4, 0.5) is 0 Å². The van der Waals surface area contributed by atoms with Crippen molar-refractivity contribution < 1.29 is 24.2 Å². The zero-order valence-corrected chi connectivity index (χ0v) is 20.3. The molecule has 2 amide bonds. The number of benzene rings is 2. The smallest absolute Gasteiger partial charge is 0.262 e. The lowest BCUT2D eigenvalue weighted by molar-refractivity contribution is -0.130. The molecule has 0 aliphatic carbocycles. The minimum absolute atomic E-state index is 0.0316. The van der Waals surface area contributed by atoms with E-state index in [-0.39, 0.29) is 24.0 Å². The van der Waals surface area contributed by atoms with Crippen LogP contribution in [0.1, 0.15) is 31.4 Å². The second-order valence-electron chi connectivity index (χ2n) is 7.95. The van der Waals surface area contributed by atoms with Crippen molar-refractivity contribution in [2.45, 2.75) is 32.7 Å². The fraction of sp³-hybridized carbons (Fsp3) is 0.320. The number of phenols is 1. The number of amides is 2. The Morgan fingerprint density at radius 3 is 2.56 bits per heavy atom. The zero-order chi connectivity index (χ0) is 25.1. The first kappa shape index (κ1) is 26.7. The van der Waals surface area contributed by atoms with Crippen LogP contribution in [0.5, 0.6) is 17.2 Å². The molecule has 8 nitrogen and oxygen atoms in total. The monoisotopic (exact) mass is 487 g/mol. The largest absolute Gasteiger partial charge is 0.504 e. The molecule has 3 N–H and O–H groups in total. The van der Waals surface area contributed by atoms with Crippen molar-refractivity contribution in [1.29, 1.82) is 0 Å². The van der Waals surface area contributed by atoms with Gasteiger partial charge < -0.3 is 19.9 Å². The lowest BCUT2D eigenvalue weighted by Crippen LogP contribution is -2.47. The van der Waals surface area contributed by atoms with E-state index in [9.17, 15) is 14.7 Å². The van der Waals surface area contributed by atoms with Crippen LogP contribution in [-0.2, 0) is 16.0 Å². The molecule has 2 aromatic rings. The summed E-state index contributed by atoms with van der Waals surface area (Å²) < 4.78 is 10.6. The van der Waals surface area contributed by atoms with E-state index < -0.39 is 17.9 Å². The average Bonchev–Trinajstić information content (AvgIpc) is 2.80. The summed E-state index contributed by atoms with van der Waals surface area (Å²) in [6.45, 7) is 7.33. The topological polar surface area (TPSA) is 109 Å². The number of hydrogen-bond acceptors (Lipinski definition) is 6. The van der Waals surface area contributed by atoms with Gasteiger partial charge in [-0.3, -0.25) is 9.59 Å². The van der Waals surface area contributed by atoms with Gasteiger partial charge in [0, 0.05) is 10.6 Å². The summed E-state index contributed by atoms with van der Waals surface area (Å²) in [5.41, 5.74) is 3.70. The van der Waals surface area contributed by atoms with Gasteiger partial charge in [0.15, 0.2) is 18.1 Å². The van der Waals surface area contributed by atoms with E-state index in [0.29, 0.717) is 34.7 Å². The summed E-state index contributed by atoms with van der Waals surface area (Å²) >= 11 is 5.84. The normalized spacial score (nSPS) is 11.8. The number of allylic oxidation sites excluding steroid dienone is 1. The van der Waals surface area contributed by atoms with Crippen molar-refractivity contribution in [1.82, 2.24) is 10.7 Å². The van der Waals surface area contributed by atoms with Crippen molar-refractivity contribution in [3.05, 3.63) is 65.2 Å². The summed E-state index contributed by atoms with van der Waals surface area (Å²) in [5.74, 6) is 0.0787. The van der Waals surface area contributed by atoms with Crippen LogP contribution in [0.2, 0.25) is 5.02 Å². The third kappa shape index (κ3) is 8.44. The Balaban J connectivity index is 2.01. The number of phenolic OH excluding ortho intramolecular Hbond substituents is 1. The Hall–Kier alpha value is -3.52. The predicted molar refractivity (Wildman–Crippen MR) is 133 cm³/mol. The van der Waals surface area contributed by atoms with Gasteiger partial charge in [0.25, 0.3) is 11.8 Å². The lowest BCUT2D eigenvalue weighted by atomic mass is 10.0. The second kappa shape index (κ2) is 13.3. The van der Waals surface area contributed by atoms with Gasteiger partial charge in [-0.25, -0.2) is 5.43 Å². The van der Waals surface area contributed by atoms with E-state index in [0.717, 1.165) is 0 Å². The molecular weight excluding hydrogens is 458 g/mol. The Labute approximate surface area is 204 Å². The van der Waals surface area contributed by atoms with Crippen LogP contribution in [0, 0.1) is 5.92 Å². The van der Waals surface area contributed by atoms with Crippen molar-refractivity contribution in [2.24, 2.45) is 11.0 Å². The third-order valence-corrected chi connectivity index (χ3v) is 4.94. The molecule has 0 heterocycles. The maximum atomic E-state index is 12.7. The molecule has 34 heavy (non-hydrogen) atoms. The fourth-order valence-electron chi connectivity index (χ4n) is 3.10. The molecule has 2 rings (SSSR count). The number of hydrazone groups is 1. The molecule has 1 atom stereocenters. The third-order valence-electron chi connectivity index (χ3n) is 4.69. The summed E-state index contributed by atoms with van der Waals surface area (Å²) in [6.07, 6.45) is 3.96. The molecule has 0 aliphatic heterocycles. The highest BCUT2D eigenvalue weighted by atomic mass is 35.5. The van der Waals surface area contributed by atoms with Crippen molar-refractivity contribution >= 4 is 29.6 Å². The minimum Gasteiger partial charge on any atom is -0.504 e. The number of rotatable bonds is 12. The molecule has 0 saturated heterocycles. The van der Waals surface area contributed by atoms with E-state index in [4.69, 9.17) is 21.1 Å². The van der Waals surface area contributed by atoms with Crippen LogP contribution >= 0.6 is 11.6 Å². The van der Waals surface area contributed by atoms with Gasteiger partial charge in [0.1, 0.15) is 11.8 Å². The number of halogens is 1. The molecule has 0 saturated carbocycles. The standard InChI is InChI=1S/C25H30ClN3O5/c1-5-6-18-12-17(13-22(33-4)24(18)31)14-27-29-25(32)21(11-16(2)3)28-23(30)15-34-20-9-7-19(26)8-10-20/h5,7-10,12-14,16,21,31H,1,6,11,15H2,2-4H3,(H,28,30)(H,29,32)/b27-14-/t21-/m0/s1. The number of nitrogens with one attached hydrogen (secondary N) is 2. The van der Waals surface area contributed by atoms with E-state index in [1.54, 1.807) is 42.5 Å². The molecule has 0 unspecified atom stereocenters. The van der Waals surface area contributed by atoms with E-state index in [2.05, 4.69) is 22.4 Å². The SMILES string of the molecule is C=CCc1cc(/C=N\NC(=O)[C@H](CC(C)C)NC(=O)COc2ccc(Cl)cc2)cc(OC)c1O. The van der Waals surface area contributed by atoms with Crippen LogP contribution < -0.4 is 20.2 Å². The molecular formula is C25H30ClN3O5. The van der Waals surface area contributed by atoms with Crippen LogP contribution in [-0.4, -0.2) is 42.9 Å². The molecule has 182 valence electrons. The van der Waals surface area contributed by atoms with Crippen molar-refractivity contribution in [2.75, 3.05) is 13.7 Å². The highest BCUT2D eigenvalue weighted by Crippen LogP contribution is 2.31. The number of carbonyl (C=O) groups is 2. The average molecular weight is 488 g/mol. The number of aromatic hydroxyl groups is 1. The summed E-state index contributed by atoms with van der Waals surface area (Å²) in [4.78, 5) is 25.0. The van der Waals surface area contributed by atoms with Gasteiger partial charge in [0.05, 0.1) is 13.3 Å². The van der Waals surface area contributed by atoms with Gasteiger partial charge in [-0.15, -0.1) is 6.58 Å². The molecule has 0 fully saturated rings. The summed E-state index contributed by atoms with van der Waals surface area (Å²) in [6, 6.07) is 9.15. The number of hydrogen-bond donors (Lipinski definition) is 3. The Kier molecular flexibility index (Phi) is 10.4. The van der Waals surface area contributed by atoms with E-state index in [1.807, 2.05) is 13.8 Å². The van der Waals surface area contributed by atoms with Gasteiger partial charge in [-0.1, -0.05) is 31.5 Å². The molecule has 9 heteroatoms. The first-order chi connectivity index (χ1) is 16.2. The van der Waals surface area contributed by atoms with Crippen LogP contribution in [0.15, 0.2) is 54.2 Å². The number of methoxy groups -OCH3 is 1. The number of nitrogens with zero attached hydrogens (tertiary/aromatic N) is 1.